The Labute approximate surface area is 132 Å². The molecule has 0 heterocycles. The van der Waals surface area contributed by atoms with Crippen LogP contribution in [0.1, 0.15) is 51.3 Å². The van der Waals surface area contributed by atoms with Crippen LogP contribution in [-0.2, 0) is 6.42 Å². The third-order valence-corrected chi connectivity index (χ3v) is 5.36. The number of hydrogen-bond acceptors (Lipinski definition) is 2. The maximum absolute atomic E-state index is 6.19. The van der Waals surface area contributed by atoms with E-state index in [1.165, 1.54) is 29.1 Å². The predicted molar refractivity (Wildman–Crippen MR) is 91.9 cm³/mol. The van der Waals surface area contributed by atoms with Crippen molar-refractivity contribution in [1.82, 2.24) is 5.32 Å². The standard InChI is InChI=1S/C17H26ClNS/c1-5-20-9-8-12(2)19-16-15-10-14(18)7-6-13(15)11-17(16,3)4/h6-7,10,12,16,19H,5,8-9,11H2,1-4H3. The van der Waals surface area contributed by atoms with E-state index in [0.717, 1.165) is 11.4 Å². The molecule has 0 saturated carbocycles. The fourth-order valence-electron chi connectivity index (χ4n) is 3.10. The summed E-state index contributed by atoms with van der Waals surface area (Å²) in [7, 11) is 0. The Kier molecular flexibility index (Phi) is 5.44. The maximum Gasteiger partial charge on any atom is 0.0409 e. The van der Waals surface area contributed by atoms with Gasteiger partial charge in [-0.2, -0.15) is 11.8 Å². The van der Waals surface area contributed by atoms with Crippen molar-refractivity contribution >= 4 is 23.4 Å². The zero-order valence-electron chi connectivity index (χ0n) is 13.0. The van der Waals surface area contributed by atoms with Gasteiger partial charge in [0, 0.05) is 17.1 Å². The van der Waals surface area contributed by atoms with E-state index in [2.05, 4.69) is 45.1 Å². The lowest BCUT2D eigenvalue weighted by Crippen LogP contribution is -2.37. The van der Waals surface area contributed by atoms with Gasteiger partial charge in [-0.3, -0.25) is 0 Å². The average molecular weight is 312 g/mol. The van der Waals surface area contributed by atoms with Gasteiger partial charge < -0.3 is 5.32 Å². The van der Waals surface area contributed by atoms with Crippen LogP contribution in [0, 0.1) is 5.41 Å². The van der Waals surface area contributed by atoms with Crippen molar-refractivity contribution in [2.24, 2.45) is 5.41 Å². The van der Waals surface area contributed by atoms with Crippen LogP contribution in [0.2, 0.25) is 5.02 Å². The second kappa shape index (κ2) is 6.72. The summed E-state index contributed by atoms with van der Waals surface area (Å²) in [5.74, 6) is 2.44. The Morgan fingerprint density at radius 1 is 1.45 bits per heavy atom. The van der Waals surface area contributed by atoms with Gasteiger partial charge in [-0.15, -0.1) is 0 Å². The number of hydrogen-bond donors (Lipinski definition) is 1. The summed E-state index contributed by atoms with van der Waals surface area (Å²) in [4.78, 5) is 0. The molecule has 0 bridgehead atoms. The van der Waals surface area contributed by atoms with Crippen molar-refractivity contribution in [3.05, 3.63) is 34.3 Å². The van der Waals surface area contributed by atoms with Crippen molar-refractivity contribution in [2.45, 2.75) is 52.6 Å². The molecule has 0 fully saturated rings. The Morgan fingerprint density at radius 3 is 2.90 bits per heavy atom. The Bertz CT molecular complexity index is 458. The first-order chi connectivity index (χ1) is 9.44. The minimum Gasteiger partial charge on any atom is -0.307 e. The third kappa shape index (κ3) is 3.72. The molecule has 0 aromatic heterocycles. The minimum atomic E-state index is 0.263. The van der Waals surface area contributed by atoms with Crippen molar-refractivity contribution in [3.8, 4) is 0 Å². The van der Waals surface area contributed by atoms with E-state index in [0.29, 0.717) is 12.1 Å². The Hall–Kier alpha value is -0.180. The third-order valence-electron chi connectivity index (χ3n) is 4.20. The number of fused-ring (bicyclic) bond motifs is 1. The second-order valence-electron chi connectivity index (χ2n) is 6.49. The van der Waals surface area contributed by atoms with Crippen molar-refractivity contribution in [1.29, 1.82) is 0 Å². The highest BCUT2D eigenvalue weighted by Gasteiger charge is 2.39. The van der Waals surface area contributed by atoms with Crippen molar-refractivity contribution < 1.29 is 0 Å². The van der Waals surface area contributed by atoms with E-state index in [-0.39, 0.29) is 5.41 Å². The van der Waals surface area contributed by atoms with E-state index in [9.17, 15) is 0 Å². The van der Waals surface area contributed by atoms with Crippen LogP contribution >= 0.6 is 23.4 Å². The van der Waals surface area contributed by atoms with Crippen LogP contribution in [0.5, 0.6) is 0 Å². The van der Waals surface area contributed by atoms with E-state index < -0.39 is 0 Å². The Balaban J connectivity index is 2.08. The number of nitrogens with one attached hydrogen (secondary N) is 1. The molecule has 2 unspecified atom stereocenters. The number of rotatable bonds is 6. The summed E-state index contributed by atoms with van der Waals surface area (Å²) in [5, 5.41) is 4.69. The lowest BCUT2D eigenvalue weighted by atomic mass is 9.85. The molecule has 1 aliphatic carbocycles. The van der Waals surface area contributed by atoms with Gasteiger partial charge in [0.05, 0.1) is 0 Å². The number of benzene rings is 1. The number of thioether (sulfide) groups is 1. The highest BCUT2D eigenvalue weighted by Crippen LogP contribution is 2.46. The van der Waals surface area contributed by atoms with Gasteiger partial charge in [-0.1, -0.05) is 38.4 Å². The van der Waals surface area contributed by atoms with Crippen LogP contribution in [0.3, 0.4) is 0 Å². The van der Waals surface area contributed by atoms with E-state index in [1.54, 1.807) is 0 Å². The maximum atomic E-state index is 6.19. The largest absolute Gasteiger partial charge is 0.307 e. The molecule has 1 aliphatic rings. The topological polar surface area (TPSA) is 12.0 Å². The molecule has 0 spiro atoms. The second-order valence-corrected chi connectivity index (χ2v) is 8.33. The van der Waals surface area contributed by atoms with E-state index >= 15 is 0 Å². The molecular formula is C17H26ClNS. The molecule has 1 nitrogen and oxygen atoms in total. The van der Waals surface area contributed by atoms with Gasteiger partial charge in [0.25, 0.3) is 0 Å². The summed E-state index contributed by atoms with van der Waals surface area (Å²) < 4.78 is 0. The van der Waals surface area contributed by atoms with Gasteiger partial charge in [-0.05, 0) is 59.9 Å². The molecule has 20 heavy (non-hydrogen) atoms. The van der Waals surface area contributed by atoms with Crippen molar-refractivity contribution in [3.63, 3.8) is 0 Å². The molecule has 0 saturated heterocycles. The van der Waals surface area contributed by atoms with Crippen LogP contribution in [0.15, 0.2) is 18.2 Å². The average Bonchev–Trinajstić information content (AvgIpc) is 2.61. The molecule has 1 aromatic rings. The van der Waals surface area contributed by atoms with Gasteiger partial charge >= 0.3 is 0 Å². The monoisotopic (exact) mass is 311 g/mol. The molecule has 1 aromatic carbocycles. The molecule has 1 N–H and O–H groups in total. The minimum absolute atomic E-state index is 0.263. The first-order valence-electron chi connectivity index (χ1n) is 7.56. The summed E-state index contributed by atoms with van der Waals surface area (Å²) in [6.45, 7) is 9.23. The normalized spacial score (nSPS) is 21.8. The molecule has 0 radical (unpaired) electrons. The van der Waals surface area contributed by atoms with E-state index in [4.69, 9.17) is 11.6 Å². The molecule has 0 amide bonds. The van der Waals surface area contributed by atoms with Crippen LogP contribution in [-0.4, -0.2) is 17.5 Å². The highest BCUT2D eigenvalue weighted by molar-refractivity contribution is 7.99. The smallest absolute Gasteiger partial charge is 0.0409 e. The summed E-state index contributed by atoms with van der Waals surface area (Å²) in [6.07, 6.45) is 2.36. The lowest BCUT2D eigenvalue weighted by Gasteiger charge is -2.31. The van der Waals surface area contributed by atoms with Crippen LogP contribution < -0.4 is 5.32 Å². The summed E-state index contributed by atoms with van der Waals surface area (Å²) >= 11 is 8.21. The van der Waals surface area contributed by atoms with Gasteiger partial charge in [0.1, 0.15) is 0 Å². The lowest BCUT2D eigenvalue weighted by molar-refractivity contribution is 0.250. The van der Waals surface area contributed by atoms with Gasteiger partial charge in [-0.25, -0.2) is 0 Å². The van der Waals surface area contributed by atoms with Crippen LogP contribution in [0.4, 0.5) is 0 Å². The Morgan fingerprint density at radius 2 is 2.20 bits per heavy atom. The molecule has 0 aliphatic heterocycles. The highest BCUT2D eigenvalue weighted by atomic mass is 35.5. The fraction of sp³-hybridized carbons (Fsp3) is 0.647. The quantitative estimate of drug-likeness (QED) is 0.735. The molecular weight excluding hydrogens is 286 g/mol. The molecule has 2 atom stereocenters. The first-order valence-corrected chi connectivity index (χ1v) is 9.09. The van der Waals surface area contributed by atoms with E-state index in [1.807, 2.05) is 17.8 Å². The SMILES string of the molecule is CCSCCC(C)NC1c2cc(Cl)ccc2CC1(C)C. The van der Waals surface area contributed by atoms with Crippen LogP contribution in [0.25, 0.3) is 0 Å². The summed E-state index contributed by atoms with van der Waals surface area (Å²) in [6, 6.07) is 7.32. The molecule has 112 valence electrons. The first kappa shape index (κ1) is 16.2. The van der Waals surface area contributed by atoms with Gasteiger partial charge in [0.15, 0.2) is 0 Å². The zero-order chi connectivity index (χ0) is 14.8. The van der Waals surface area contributed by atoms with Gasteiger partial charge in [0.2, 0.25) is 0 Å². The zero-order valence-corrected chi connectivity index (χ0v) is 14.6. The molecule has 3 heteroatoms. The van der Waals surface area contributed by atoms with Crippen molar-refractivity contribution in [2.75, 3.05) is 11.5 Å². The summed E-state index contributed by atoms with van der Waals surface area (Å²) in [5.41, 5.74) is 3.11. The molecule has 2 rings (SSSR count). The number of halogens is 1. The fourth-order valence-corrected chi connectivity index (χ4v) is 4.09. The predicted octanol–water partition coefficient (Wildman–Crippen LogP) is 5.08.